The molecule has 0 radical (unpaired) electrons. The Morgan fingerprint density at radius 2 is 2.06 bits per heavy atom. The molecule has 0 saturated heterocycles. The molecule has 0 saturated carbocycles. The van der Waals surface area contributed by atoms with Crippen LogP contribution in [0.3, 0.4) is 0 Å². The first kappa shape index (κ1) is 12.0. The minimum atomic E-state index is 0.888. The highest BCUT2D eigenvalue weighted by Gasteiger charge is 2.08. The molecule has 2 heterocycles. The molecule has 2 rings (SSSR count). The lowest BCUT2D eigenvalue weighted by molar-refractivity contribution is 0.392. The molecular weight excluding hydrogens is 236 g/mol. The summed E-state index contributed by atoms with van der Waals surface area (Å²) in [6.07, 6.45) is 2.01. The standard InChI is InChI=1S/C11H16N4OS/c1-7-10(8(2)16-15-7)5-4-6-12-11-14-13-9(3)17-11/h4-6H2,1-3H3,(H,12,14). The van der Waals surface area contributed by atoms with Crippen molar-refractivity contribution in [2.45, 2.75) is 33.6 Å². The van der Waals surface area contributed by atoms with E-state index in [4.69, 9.17) is 4.52 Å². The molecule has 0 aromatic carbocycles. The molecule has 1 N–H and O–H groups in total. The lowest BCUT2D eigenvalue weighted by Gasteiger charge is -2.01. The van der Waals surface area contributed by atoms with E-state index < -0.39 is 0 Å². The summed E-state index contributed by atoms with van der Waals surface area (Å²) in [6, 6.07) is 0. The topological polar surface area (TPSA) is 63.8 Å². The maximum atomic E-state index is 5.12. The van der Waals surface area contributed by atoms with Gasteiger partial charge in [0.15, 0.2) is 0 Å². The van der Waals surface area contributed by atoms with Crippen molar-refractivity contribution in [2.75, 3.05) is 11.9 Å². The second-order valence-corrected chi connectivity index (χ2v) is 5.14. The molecule has 5 nitrogen and oxygen atoms in total. The summed E-state index contributed by atoms with van der Waals surface area (Å²) < 4.78 is 5.12. The molecule has 0 unspecified atom stereocenters. The van der Waals surface area contributed by atoms with E-state index in [-0.39, 0.29) is 0 Å². The molecule has 2 aromatic heterocycles. The monoisotopic (exact) mass is 252 g/mol. The molecule has 2 aromatic rings. The Kier molecular flexibility index (Phi) is 3.73. The first-order valence-electron chi connectivity index (χ1n) is 5.62. The summed E-state index contributed by atoms with van der Waals surface area (Å²) >= 11 is 1.58. The van der Waals surface area contributed by atoms with Gasteiger partial charge in [0.05, 0.1) is 5.69 Å². The first-order valence-corrected chi connectivity index (χ1v) is 6.44. The molecule has 0 spiro atoms. The second-order valence-electron chi connectivity index (χ2n) is 3.96. The largest absolute Gasteiger partial charge is 0.361 e. The molecule has 6 heteroatoms. The van der Waals surface area contributed by atoms with E-state index in [1.807, 2.05) is 20.8 Å². The third-order valence-electron chi connectivity index (χ3n) is 2.59. The van der Waals surface area contributed by atoms with Crippen molar-refractivity contribution >= 4 is 16.5 Å². The van der Waals surface area contributed by atoms with Gasteiger partial charge in [-0.2, -0.15) is 0 Å². The van der Waals surface area contributed by atoms with Crippen molar-refractivity contribution in [2.24, 2.45) is 0 Å². The third-order valence-corrected chi connectivity index (χ3v) is 3.38. The highest BCUT2D eigenvalue weighted by Crippen LogP contribution is 2.16. The lowest BCUT2D eigenvalue weighted by Crippen LogP contribution is -2.03. The van der Waals surface area contributed by atoms with Crippen LogP contribution in [0.5, 0.6) is 0 Å². The van der Waals surface area contributed by atoms with Crippen molar-refractivity contribution < 1.29 is 4.52 Å². The summed E-state index contributed by atoms with van der Waals surface area (Å²) in [6.45, 7) is 6.77. The number of aromatic nitrogens is 3. The van der Waals surface area contributed by atoms with Crippen LogP contribution in [0.1, 0.15) is 28.4 Å². The molecule has 0 atom stereocenters. The van der Waals surface area contributed by atoms with Gasteiger partial charge in [0.1, 0.15) is 10.8 Å². The van der Waals surface area contributed by atoms with E-state index in [0.29, 0.717) is 0 Å². The molecule has 0 fully saturated rings. The Bertz CT molecular complexity index is 472. The number of aryl methyl sites for hydroxylation is 3. The Labute approximate surface area is 104 Å². The fourth-order valence-electron chi connectivity index (χ4n) is 1.69. The van der Waals surface area contributed by atoms with Gasteiger partial charge in [0, 0.05) is 12.1 Å². The normalized spacial score (nSPS) is 10.8. The van der Waals surface area contributed by atoms with Crippen LogP contribution in [0.25, 0.3) is 0 Å². The molecule has 0 aliphatic carbocycles. The number of nitrogens with one attached hydrogen (secondary N) is 1. The van der Waals surface area contributed by atoms with Gasteiger partial charge in [-0.25, -0.2) is 0 Å². The van der Waals surface area contributed by atoms with Crippen LogP contribution in [0, 0.1) is 20.8 Å². The Hall–Kier alpha value is -1.43. The number of hydrogen-bond donors (Lipinski definition) is 1. The van der Waals surface area contributed by atoms with Crippen molar-refractivity contribution in [3.8, 4) is 0 Å². The highest BCUT2D eigenvalue weighted by molar-refractivity contribution is 7.15. The van der Waals surface area contributed by atoms with Crippen LogP contribution in [0.4, 0.5) is 5.13 Å². The summed E-state index contributed by atoms with van der Waals surface area (Å²) in [5.41, 5.74) is 2.22. The average Bonchev–Trinajstić information content (AvgIpc) is 2.83. The molecule has 17 heavy (non-hydrogen) atoms. The van der Waals surface area contributed by atoms with Gasteiger partial charge in [-0.15, -0.1) is 10.2 Å². The van der Waals surface area contributed by atoms with Gasteiger partial charge in [-0.1, -0.05) is 16.5 Å². The second kappa shape index (κ2) is 5.27. The zero-order chi connectivity index (χ0) is 12.3. The number of rotatable bonds is 5. The van der Waals surface area contributed by atoms with Crippen LogP contribution in [0.2, 0.25) is 0 Å². The van der Waals surface area contributed by atoms with E-state index in [9.17, 15) is 0 Å². The van der Waals surface area contributed by atoms with Crippen LogP contribution in [0.15, 0.2) is 4.52 Å². The lowest BCUT2D eigenvalue weighted by atomic mass is 10.1. The summed E-state index contributed by atoms with van der Waals surface area (Å²) in [7, 11) is 0. The molecule has 92 valence electrons. The van der Waals surface area contributed by atoms with E-state index in [2.05, 4.69) is 20.7 Å². The number of nitrogens with zero attached hydrogens (tertiary/aromatic N) is 3. The van der Waals surface area contributed by atoms with Gasteiger partial charge in [0.2, 0.25) is 5.13 Å². The van der Waals surface area contributed by atoms with Crippen molar-refractivity contribution in [1.82, 2.24) is 15.4 Å². The minimum absolute atomic E-state index is 0.888. The highest BCUT2D eigenvalue weighted by atomic mass is 32.1. The maximum absolute atomic E-state index is 5.12. The summed E-state index contributed by atoms with van der Waals surface area (Å²) in [4.78, 5) is 0. The Balaban J connectivity index is 1.77. The molecule has 0 aliphatic heterocycles. The Morgan fingerprint density at radius 1 is 1.24 bits per heavy atom. The van der Waals surface area contributed by atoms with Gasteiger partial charge < -0.3 is 9.84 Å². The van der Waals surface area contributed by atoms with Crippen molar-refractivity contribution in [1.29, 1.82) is 0 Å². The van der Waals surface area contributed by atoms with Crippen LogP contribution >= 0.6 is 11.3 Å². The van der Waals surface area contributed by atoms with Gasteiger partial charge in [-0.05, 0) is 33.6 Å². The zero-order valence-corrected chi connectivity index (χ0v) is 11.1. The number of anilines is 1. The predicted octanol–water partition coefficient (Wildman–Crippen LogP) is 2.50. The molecular formula is C11H16N4OS. The van der Waals surface area contributed by atoms with E-state index in [0.717, 1.165) is 41.0 Å². The Morgan fingerprint density at radius 3 is 2.65 bits per heavy atom. The van der Waals surface area contributed by atoms with Crippen LogP contribution in [-0.4, -0.2) is 21.9 Å². The molecule has 0 aliphatic rings. The average molecular weight is 252 g/mol. The zero-order valence-electron chi connectivity index (χ0n) is 10.3. The van der Waals surface area contributed by atoms with Gasteiger partial charge >= 0.3 is 0 Å². The fourth-order valence-corrected chi connectivity index (χ4v) is 2.30. The number of hydrogen-bond acceptors (Lipinski definition) is 6. The van der Waals surface area contributed by atoms with Gasteiger partial charge in [-0.3, -0.25) is 0 Å². The molecule has 0 amide bonds. The summed E-state index contributed by atoms with van der Waals surface area (Å²) in [5, 5.41) is 17.0. The van der Waals surface area contributed by atoms with Crippen LogP contribution in [-0.2, 0) is 6.42 Å². The molecule has 0 bridgehead atoms. The van der Waals surface area contributed by atoms with E-state index in [1.54, 1.807) is 11.3 Å². The van der Waals surface area contributed by atoms with Crippen molar-refractivity contribution in [3.05, 3.63) is 22.0 Å². The van der Waals surface area contributed by atoms with Crippen LogP contribution < -0.4 is 5.32 Å². The van der Waals surface area contributed by atoms with E-state index >= 15 is 0 Å². The first-order chi connectivity index (χ1) is 8.16. The predicted molar refractivity (Wildman–Crippen MR) is 67.4 cm³/mol. The smallest absolute Gasteiger partial charge is 0.205 e. The third kappa shape index (κ3) is 3.03. The van der Waals surface area contributed by atoms with Crippen molar-refractivity contribution in [3.63, 3.8) is 0 Å². The SMILES string of the molecule is Cc1nnc(NCCCc2c(C)noc2C)s1. The summed E-state index contributed by atoms with van der Waals surface area (Å²) in [5.74, 6) is 0.925. The quantitative estimate of drug-likeness (QED) is 0.828. The maximum Gasteiger partial charge on any atom is 0.205 e. The van der Waals surface area contributed by atoms with E-state index in [1.165, 1.54) is 5.56 Å². The minimum Gasteiger partial charge on any atom is -0.361 e. The fraction of sp³-hybridized carbons (Fsp3) is 0.545. The van der Waals surface area contributed by atoms with Gasteiger partial charge in [0.25, 0.3) is 0 Å².